The second-order valence-electron chi connectivity index (χ2n) is 5.00. The van der Waals surface area contributed by atoms with Crippen LogP contribution in [0.3, 0.4) is 0 Å². The van der Waals surface area contributed by atoms with Gasteiger partial charge in [-0.15, -0.1) is 0 Å². The van der Waals surface area contributed by atoms with E-state index >= 15 is 0 Å². The molecular weight excluding hydrogens is 170 g/mol. The van der Waals surface area contributed by atoms with Crippen molar-refractivity contribution in [3.05, 3.63) is 35.9 Å². The van der Waals surface area contributed by atoms with Gasteiger partial charge in [-0.3, -0.25) is 0 Å². The molecule has 0 aliphatic carbocycles. The van der Waals surface area contributed by atoms with E-state index in [2.05, 4.69) is 45.0 Å². The van der Waals surface area contributed by atoms with Crippen molar-refractivity contribution in [1.82, 2.24) is 0 Å². The monoisotopic (exact) mass is 191 g/mol. The summed E-state index contributed by atoms with van der Waals surface area (Å²) < 4.78 is 0. The minimum Gasteiger partial charge on any atom is -0.327 e. The lowest BCUT2D eigenvalue weighted by Crippen LogP contribution is -2.35. The molecule has 0 saturated carbocycles. The SMILES string of the molecule is CC(C)(C)C(N)CCc1ccccc1. The highest BCUT2D eigenvalue weighted by molar-refractivity contribution is 5.14. The predicted octanol–water partition coefficient (Wildman–Crippen LogP) is 2.99. The maximum atomic E-state index is 6.10. The maximum Gasteiger partial charge on any atom is 0.00908 e. The largest absolute Gasteiger partial charge is 0.327 e. The maximum absolute atomic E-state index is 6.10. The summed E-state index contributed by atoms with van der Waals surface area (Å²) in [4.78, 5) is 0. The van der Waals surface area contributed by atoms with Gasteiger partial charge in [-0.25, -0.2) is 0 Å². The van der Waals surface area contributed by atoms with Crippen LogP contribution in [0, 0.1) is 5.41 Å². The Bertz CT molecular complexity index is 258. The molecular formula is C13H21N. The van der Waals surface area contributed by atoms with Crippen molar-refractivity contribution in [1.29, 1.82) is 0 Å². The quantitative estimate of drug-likeness (QED) is 0.781. The smallest absolute Gasteiger partial charge is 0.00908 e. The molecule has 1 atom stereocenters. The van der Waals surface area contributed by atoms with Crippen molar-refractivity contribution < 1.29 is 0 Å². The Kier molecular flexibility index (Phi) is 3.70. The highest BCUT2D eigenvalue weighted by atomic mass is 14.7. The zero-order valence-corrected chi connectivity index (χ0v) is 9.46. The molecule has 14 heavy (non-hydrogen) atoms. The van der Waals surface area contributed by atoms with Crippen molar-refractivity contribution in [3.8, 4) is 0 Å². The molecule has 1 rings (SSSR count). The number of hydrogen-bond donors (Lipinski definition) is 1. The number of aryl methyl sites for hydroxylation is 1. The average molecular weight is 191 g/mol. The molecule has 0 saturated heterocycles. The minimum absolute atomic E-state index is 0.217. The van der Waals surface area contributed by atoms with Crippen molar-refractivity contribution in [3.63, 3.8) is 0 Å². The molecule has 0 aliphatic heterocycles. The summed E-state index contributed by atoms with van der Waals surface area (Å²) in [7, 11) is 0. The molecule has 2 N–H and O–H groups in total. The first-order valence-corrected chi connectivity index (χ1v) is 5.29. The standard InChI is InChI=1S/C13H21N/c1-13(2,3)12(14)10-9-11-7-5-4-6-8-11/h4-8,12H,9-10,14H2,1-3H3. The minimum atomic E-state index is 0.217. The summed E-state index contributed by atoms with van der Waals surface area (Å²) in [5, 5.41) is 0. The van der Waals surface area contributed by atoms with Gasteiger partial charge in [-0.05, 0) is 23.8 Å². The fourth-order valence-corrected chi connectivity index (χ4v) is 1.40. The summed E-state index contributed by atoms with van der Waals surface area (Å²) in [6.45, 7) is 6.59. The number of rotatable bonds is 3. The molecule has 0 aromatic heterocycles. The summed E-state index contributed by atoms with van der Waals surface area (Å²) in [6.07, 6.45) is 2.15. The van der Waals surface area contributed by atoms with Gasteiger partial charge in [0.1, 0.15) is 0 Å². The lowest BCUT2D eigenvalue weighted by atomic mass is 9.84. The van der Waals surface area contributed by atoms with Gasteiger partial charge in [0.05, 0.1) is 0 Å². The van der Waals surface area contributed by atoms with Gasteiger partial charge in [-0.2, -0.15) is 0 Å². The topological polar surface area (TPSA) is 26.0 Å². The van der Waals surface area contributed by atoms with Gasteiger partial charge in [0.2, 0.25) is 0 Å². The molecule has 1 nitrogen and oxygen atoms in total. The Morgan fingerprint density at radius 1 is 1.14 bits per heavy atom. The third-order valence-corrected chi connectivity index (χ3v) is 2.70. The van der Waals surface area contributed by atoms with E-state index < -0.39 is 0 Å². The summed E-state index contributed by atoms with van der Waals surface area (Å²) in [6, 6.07) is 10.8. The van der Waals surface area contributed by atoms with Crippen LogP contribution >= 0.6 is 0 Å². The molecule has 0 bridgehead atoms. The molecule has 0 heterocycles. The number of benzene rings is 1. The first-order chi connectivity index (χ1) is 6.50. The van der Waals surface area contributed by atoms with Crippen LogP contribution in [0.5, 0.6) is 0 Å². The van der Waals surface area contributed by atoms with Crippen LogP contribution in [0.25, 0.3) is 0 Å². The Hall–Kier alpha value is -0.820. The van der Waals surface area contributed by atoms with Crippen molar-refractivity contribution in [2.75, 3.05) is 0 Å². The van der Waals surface area contributed by atoms with Crippen molar-refractivity contribution in [2.24, 2.45) is 11.1 Å². The highest BCUT2D eigenvalue weighted by Gasteiger charge is 2.19. The molecule has 0 radical (unpaired) electrons. The second-order valence-corrected chi connectivity index (χ2v) is 5.00. The third kappa shape index (κ3) is 3.51. The summed E-state index contributed by atoms with van der Waals surface area (Å²) in [5.74, 6) is 0. The Balaban J connectivity index is 2.42. The third-order valence-electron chi connectivity index (χ3n) is 2.70. The van der Waals surface area contributed by atoms with E-state index in [-0.39, 0.29) is 11.5 Å². The Labute approximate surface area is 87.3 Å². The summed E-state index contributed by atoms with van der Waals surface area (Å²) >= 11 is 0. The van der Waals surface area contributed by atoms with E-state index in [4.69, 9.17) is 5.73 Å². The van der Waals surface area contributed by atoms with Gasteiger partial charge in [0.25, 0.3) is 0 Å². The Morgan fingerprint density at radius 2 is 1.71 bits per heavy atom. The lowest BCUT2D eigenvalue weighted by molar-refractivity contribution is 0.306. The fourth-order valence-electron chi connectivity index (χ4n) is 1.40. The second kappa shape index (κ2) is 4.61. The number of hydrogen-bond acceptors (Lipinski definition) is 1. The lowest BCUT2D eigenvalue weighted by Gasteiger charge is -2.26. The molecule has 0 fully saturated rings. The van der Waals surface area contributed by atoms with E-state index in [1.165, 1.54) is 5.56 Å². The van der Waals surface area contributed by atoms with E-state index in [0.717, 1.165) is 12.8 Å². The number of nitrogens with two attached hydrogens (primary N) is 1. The van der Waals surface area contributed by atoms with E-state index in [9.17, 15) is 0 Å². The summed E-state index contributed by atoms with van der Waals surface area (Å²) in [5.41, 5.74) is 7.70. The van der Waals surface area contributed by atoms with E-state index in [1.54, 1.807) is 0 Å². The van der Waals surface area contributed by atoms with Crippen molar-refractivity contribution >= 4 is 0 Å². The van der Waals surface area contributed by atoms with Gasteiger partial charge in [0, 0.05) is 6.04 Å². The van der Waals surface area contributed by atoms with Crippen molar-refractivity contribution in [2.45, 2.75) is 39.7 Å². The average Bonchev–Trinajstić information content (AvgIpc) is 2.14. The van der Waals surface area contributed by atoms with Crippen LogP contribution in [0.15, 0.2) is 30.3 Å². The fraction of sp³-hybridized carbons (Fsp3) is 0.538. The van der Waals surface area contributed by atoms with Crippen LogP contribution in [-0.4, -0.2) is 6.04 Å². The zero-order chi connectivity index (χ0) is 10.6. The van der Waals surface area contributed by atoms with Crippen LogP contribution in [-0.2, 0) is 6.42 Å². The molecule has 1 aromatic rings. The molecule has 0 amide bonds. The van der Waals surface area contributed by atoms with Gasteiger partial charge in [-0.1, -0.05) is 51.1 Å². The molecule has 1 aromatic carbocycles. The van der Waals surface area contributed by atoms with Gasteiger partial charge >= 0.3 is 0 Å². The first kappa shape index (κ1) is 11.3. The molecule has 0 spiro atoms. The zero-order valence-electron chi connectivity index (χ0n) is 9.46. The van der Waals surface area contributed by atoms with Crippen LogP contribution in [0.2, 0.25) is 0 Å². The Morgan fingerprint density at radius 3 is 2.21 bits per heavy atom. The van der Waals surface area contributed by atoms with Gasteiger partial charge < -0.3 is 5.73 Å². The normalized spacial score (nSPS) is 14.0. The first-order valence-electron chi connectivity index (χ1n) is 5.29. The molecule has 78 valence electrons. The van der Waals surface area contributed by atoms with Gasteiger partial charge in [0.15, 0.2) is 0 Å². The van der Waals surface area contributed by atoms with Crippen LogP contribution in [0.1, 0.15) is 32.8 Å². The molecule has 1 unspecified atom stereocenters. The predicted molar refractivity (Wildman–Crippen MR) is 62.2 cm³/mol. The van der Waals surface area contributed by atoms with Crippen LogP contribution < -0.4 is 5.73 Å². The molecule has 1 heteroatoms. The van der Waals surface area contributed by atoms with E-state index in [0.29, 0.717) is 0 Å². The van der Waals surface area contributed by atoms with Crippen LogP contribution in [0.4, 0.5) is 0 Å². The van der Waals surface area contributed by atoms with E-state index in [1.807, 2.05) is 6.07 Å². The highest BCUT2D eigenvalue weighted by Crippen LogP contribution is 2.21. The molecule has 0 aliphatic rings.